The van der Waals surface area contributed by atoms with Crippen LogP contribution in [0.1, 0.15) is 40.0 Å². The number of ether oxygens (including phenoxy) is 1. The maximum absolute atomic E-state index is 11.4. The summed E-state index contributed by atoms with van der Waals surface area (Å²) in [6.07, 6.45) is 3.21. The summed E-state index contributed by atoms with van der Waals surface area (Å²) in [6.45, 7) is 5.45. The fourth-order valence-corrected chi connectivity index (χ4v) is 1.79. The van der Waals surface area contributed by atoms with E-state index in [2.05, 4.69) is 5.32 Å². The third kappa shape index (κ3) is 3.90. The van der Waals surface area contributed by atoms with Gasteiger partial charge in [0.1, 0.15) is 11.9 Å². The smallest absolute Gasteiger partial charge is 0.407 e. The normalized spacial score (nSPS) is 26.1. The Morgan fingerprint density at radius 1 is 1.40 bits per heavy atom. The molecule has 4 nitrogen and oxygen atoms in total. The molecule has 1 aliphatic carbocycles. The van der Waals surface area contributed by atoms with E-state index in [4.69, 9.17) is 4.74 Å². The van der Waals surface area contributed by atoms with Gasteiger partial charge in [0, 0.05) is 12.0 Å². The Hall–Kier alpha value is -1.06. The summed E-state index contributed by atoms with van der Waals surface area (Å²) in [5.74, 6) is -0.0440. The third-order valence-corrected chi connectivity index (χ3v) is 2.45. The zero-order chi connectivity index (χ0) is 11.5. The molecule has 0 aromatic rings. The highest BCUT2D eigenvalue weighted by molar-refractivity contribution is 5.69. The number of hydrogen-bond acceptors (Lipinski definition) is 3. The fourth-order valence-electron chi connectivity index (χ4n) is 1.79. The number of amides is 1. The van der Waals surface area contributed by atoms with Gasteiger partial charge < -0.3 is 14.8 Å². The molecule has 0 aromatic heterocycles. The highest BCUT2D eigenvalue weighted by Gasteiger charge is 2.29. The lowest BCUT2D eigenvalue weighted by Crippen LogP contribution is -2.41. The summed E-state index contributed by atoms with van der Waals surface area (Å²) in [5.41, 5.74) is -0.487. The maximum atomic E-state index is 11.4. The molecule has 15 heavy (non-hydrogen) atoms. The van der Waals surface area contributed by atoms with Gasteiger partial charge in [-0.05, 0) is 33.6 Å². The summed E-state index contributed by atoms with van der Waals surface area (Å²) in [7, 11) is 0. The van der Waals surface area contributed by atoms with E-state index in [1.807, 2.05) is 20.8 Å². The van der Waals surface area contributed by atoms with Crippen LogP contribution in [-0.2, 0) is 9.53 Å². The Bertz CT molecular complexity index is 245. The van der Waals surface area contributed by atoms with Gasteiger partial charge in [-0.3, -0.25) is 0 Å². The molecule has 0 aromatic carbocycles. The highest BCUT2D eigenvalue weighted by Crippen LogP contribution is 2.24. The molecule has 1 rings (SSSR count). The number of rotatable bonds is 2. The molecular weight excluding hydrogens is 194 g/mol. The topological polar surface area (TPSA) is 55.4 Å². The summed E-state index contributed by atoms with van der Waals surface area (Å²) < 4.78 is 5.13. The second kappa shape index (κ2) is 4.64. The number of alkyl carbamates (subject to hydrolysis) is 1. The van der Waals surface area contributed by atoms with Crippen molar-refractivity contribution >= 4 is 12.4 Å². The predicted molar refractivity (Wildman–Crippen MR) is 56.6 cm³/mol. The molecule has 0 heterocycles. The van der Waals surface area contributed by atoms with Gasteiger partial charge in [-0.2, -0.15) is 0 Å². The van der Waals surface area contributed by atoms with Crippen molar-refractivity contribution in [3.8, 4) is 0 Å². The van der Waals surface area contributed by atoms with Crippen LogP contribution in [0.2, 0.25) is 0 Å². The van der Waals surface area contributed by atoms with Crippen LogP contribution in [0.25, 0.3) is 0 Å². The minimum absolute atomic E-state index is 0.0440. The van der Waals surface area contributed by atoms with Gasteiger partial charge in [-0.1, -0.05) is 6.42 Å². The lowest BCUT2D eigenvalue weighted by Gasteiger charge is -2.22. The van der Waals surface area contributed by atoms with E-state index in [0.717, 1.165) is 25.5 Å². The first-order chi connectivity index (χ1) is 6.92. The molecule has 1 N–H and O–H groups in total. The SMILES string of the molecule is CC(C)(C)OC(=O)N[C@H]1CCC[C@@H]1C=O. The minimum Gasteiger partial charge on any atom is -0.444 e. The monoisotopic (exact) mass is 213 g/mol. The van der Waals surface area contributed by atoms with E-state index in [9.17, 15) is 9.59 Å². The average Bonchev–Trinajstić information content (AvgIpc) is 2.48. The molecule has 0 radical (unpaired) electrons. The van der Waals surface area contributed by atoms with Crippen molar-refractivity contribution in [1.82, 2.24) is 5.32 Å². The van der Waals surface area contributed by atoms with Crippen molar-refractivity contribution in [2.75, 3.05) is 0 Å². The fraction of sp³-hybridized carbons (Fsp3) is 0.818. The molecule has 2 atom stereocenters. The summed E-state index contributed by atoms with van der Waals surface area (Å²) >= 11 is 0. The van der Waals surface area contributed by atoms with Gasteiger partial charge in [0.2, 0.25) is 0 Å². The number of hydrogen-bond donors (Lipinski definition) is 1. The molecule has 1 amide bonds. The molecule has 4 heteroatoms. The second-order valence-electron chi connectivity index (χ2n) is 4.98. The van der Waals surface area contributed by atoms with Crippen molar-refractivity contribution < 1.29 is 14.3 Å². The quantitative estimate of drug-likeness (QED) is 0.712. The summed E-state index contributed by atoms with van der Waals surface area (Å²) in [4.78, 5) is 22.1. The number of carbonyl (C=O) groups excluding carboxylic acids is 2. The standard InChI is InChI=1S/C11H19NO3/c1-11(2,3)15-10(14)12-9-6-4-5-8(9)7-13/h7-9H,4-6H2,1-3H3,(H,12,14)/t8-,9+/m1/s1. The van der Waals surface area contributed by atoms with Crippen LogP contribution >= 0.6 is 0 Å². The lowest BCUT2D eigenvalue weighted by molar-refractivity contribution is -0.111. The van der Waals surface area contributed by atoms with Gasteiger partial charge in [0.05, 0.1) is 0 Å². The number of nitrogens with one attached hydrogen (secondary N) is 1. The van der Waals surface area contributed by atoms with Gasteiger partial charge in [-0.15, -0.1) is 0 Å². The minimum atomic E-state index is -0.487. The van der Waals surface area contributed by atoms with E-state index in [1.54, 1.807) is 0 Å². The van der Waals surface area contributed by atoms with Crippen LogP contribution in [0.3, 0.4) is 0 Å². The highest BCUT2D eigenvalue weighted by atomic mass is 16.6. The van der Waals surface area contributed by atoms with Gasteiger partial charge >= 0.3 is 6.09 Å². The van der Waals surface area contributed by atoms with E-state index in [0.29, 0.717) is 0 Å². The molecule has 1 aliphatic rings. The van der Waals surface area contributed by atoms with Crippen LogP contribution in [0.4, 0.5) is 4.79 Å². The molecule has 1 fully saturated rings. The first-order valence-electron chi connectivity index (χ1n) is 5.37. The van der Waals surface area contributed by atoms with Crippen molar-refractivity contribution in [3.05, 3.63) is 0 Å². The average molecular weight is 213 g/mol. The Morgan fingerprint density at radius 2 is 2.07 bits per heavy atom. The van der Waals surface area contributed by atoms with Crippen LogP contribution < -0.4 is 5.32 Å². The van der Waals surface area contributed by atoms with E-state index in [-0.39, 0.29) is 12.0 Å². The van der Waals surface area contributed by atoms with Gasteiger partial charge in [0.25, 0.3) is 0 Å². The summed E-state index contributed by atoms with van der Waals surface area (Å²) in [6, 6.07) is -0.0441. The molecule has 86 valence electrons. The van der Waals surface area contributed by atoms with Crippen molar-refractivity contribution in [1.29, 1.82) is 0 Å². The van der Waals surface area contributed by atoms with E-state index < -0.39 is 11.7 Å². The van der Waals surface area contributed by atoms with E-state index in [1.165, 1.54) is 0 Å². The lowest BCUT2D eigenvalue weighted by atomic mass is 10.1. The molecule has 0 saturated heterocycles. The molecule has 0 bridgehead atoms. The zero-order valence-corrected chi connectivity index (χ0v) is 9.58. The maximum Gasteiger partial charge on any atom is 0.407 e. The van der Waals surface area contributed by atoms with Crippen molar-refractivity contribution in [2.24, 2.45) is 5.92 Å². The Balaban J connectivity index is 2.41. The molecule has 0 unspecified atom stereocenters. The zero-order valence-electron chi connectivity index (χ0n) is 9.58. The molecular formula is C11H19NO3. The molecule has 1 saturated carbocycles. The van der Waals surface area contributed by atoms with Gasteiger partial charge in [-0.25, -0.2) is 4.79 Å². The van der Waals surface area contributed by atoms with Crippen LogP contribution in [-0.4, -0.2) is 24.0 Å². The first-order valence-corrected chi connectivity index (χ1v) is 5.37. The molecule has 0 spiro atoms. The van der Waals surface area contributed by atoms with Crippen LogP contribution in [0.15, 0.2) is 0 Å². The Kier molecular flexibility index (Phi) is 3.72. The summed E-state index contributed by atoms with van der Waals surface area (Å²) in [5, 5.41) is 2.74. The van der Waals surface area contributed by atoms with Crippen molar-refractivity contribution in [2.45, 2.75) is 51.7 Å². The van der Waals surface area contributed by atoms with Crippen LogP contribution in [0, 0.1) is 5.92 Å². The van der Waals surface area contributed by atoms with E-state index >= 15 is 0 Å². The van der Waals surface area contributed by atoms with Crippen molar-refractivity contribution in [3.63, 3.8) is 0 Å². The predicted octanol–water partition coefficient (Wildman–Crippen LogP) is 1.88. The number of aldehydes is 1. The van der Waals surface area contributed by atoms with Gasteiger partial charge in [0.15, 0.2) is 0 Å². The Labute approximate surface area is 90.4 Å². The second-order valence-corrected chi connectivity index (χ2v) is 4.98. The number of carbonyl (C=O) groups is 2. The third-order valence-electron chi connectivity index (χ3n) is 2.45. The largest absolute Gasteiger partial charge is 0.444 e. The van der Waals surface area contributed by atoms with Crippen LogP contribution in [0.5, 0.6) is 0 Å². The molecule has 0 aliphatic heterocycles. The first kappa shape index (κ1) is 12.0. The Morgan fingerprint density at radius 3 is 2.60 bits per heavy atom.